The normalized spacial score (nSPS) is 20.9. The third-order valence-corrected chi connectivity index (χ3v) is 5.74. The highest BCUT2D eigenvalue weighted by Crippen LogP contribution is 2.51. The van der Waals surface area contributed by atoms with Crippen LogP contribution in [0.5, 0.6) is 5.75 Å². The summed E-state index contributed by atoms with van der Waals surface area (Å²) in [5.41, 5.74) is 3.56. The van der Waals surface area contributed by atoms with Gasteiger partial charge in [-0.15, -0.1) is 0 Å². The first-order valence-corrected chi connectivity index (χ1v) is 8.97. The number of hydrogen-bond donors (Lipinski definition) is 2. The SMILES string of the molecule is COc1ccc(NC(=O)C2CC3(CCNCC3)c3ccccc32)cc1. The van der Waals surface area contributed by atoms with Crippen molar-refractivity contribution in [2.24, 2.45) is 0 Å². The number of fused-ring (bicyclic) bond motifs is 2. The lowest BCUT2D eigenvalue weighted by Crippen LogP contribution is -2.38. The summed E-state index contributed by atoms with van der Waals surface area (Å²) in [6, 6.07) is 16.0. The number of benzene rings is 2. The molecule has 4 heteroatoms. The molecule has 2 N–H and O–H groups in total. The van der Waals surface area contributed by atoms with Gasteiger partial charge in [0.25, 0.3) is 0 Å². The first-order valence-electron chi connectivity index (χ1n) is 8.97. The number of methoxy groups -OCH3 is 1. The van der Waals surface area contributed by atoms with Gasteiger partial charge < -0.3 is 15.4 Å². The van der Waals surface area contributed by atoms with E-state index in [1.807, 2.05) is 30.3 Å². The molecule has 4 nitrogen and oxygen atoms in total. The zero-order chi connectivity index (χ0) is 17.3. The summed E-state index contributed by atoms with van der Waals surface area (Å²) < 4.78 is 5.18. The molecule has 0 radical (unpaired) electrons. The summed E-state index contributed by atoms with van der Waals surface area (Å²) in [7, 11) is 1.64. The topological polar surface area (TPSA) is 50.4 Å². The van der Waals surface area contributed by atoms with Gasteiger partial charge in [0.15, 0.2) is 0 Å². The molecule has 25 heavy (non-hydrogen) atoms. The quantitative estimate of drug-likeness (QED) is 0.903. The Hall–Kier alpha value is -2.33. The minimum absolute atomic E-state index is 0.0728. The predicted molar refractivity (Wildman–Crippen MR) is 99.2 cm³/mol. The maximum Gasteiger partial charge on any atom is 0.231 e. The number of hydrogen-bond acceptors (Lipinski definition) is 3. The van der Waals surface area contributed by atoms with E-state index in [0.717, 1.165) is 43.8 Å². The summed E-state index contributed by atoms with van der Waals surface area (Å²) in [4.78, 5) is 13.0. The number of carbonyl (C=O) groups is 1. The molecule has 1 aliphatic carbocycles. The maximum absolute atomic E-state index is 13.0. The number of rotatable bonds is 3. The summed E-state index contributed by atoms with van der Waals surface area (Å²) in [6.07, 6.45) is 3.13. The van der Waals surface area contributed by atoms with Gasteiger partial charge in [-0.3, -0.25) is 4.79 Å². The molecule has 130 valence electrons. The summed E-state index contributed by atoms with van der Waals surface area (Å²) >= 11 is 0. The molecule has 1 atom stereocenters. The van der Waals surface area contributed by atoms with Gasteiger partial charge in [-0.1, -0.05) is 24.3 Å². The second-order valence-corrected chi connectivity index (χ2v) is 7.09. The number of nitrogens with one attached hydrogen (secondary N) is 2. The number of carbonyl (C=O) groups excluding carboxylic acids is 1. The fourth-order valence-corrected chi connectivity index (χ4v) is 4.41. The first kappa shape index (κ1) is 16.2. The van der Waals surface area contributed by atoms with E-state index >= 15 is 0 Å². The molecule has 1 heterocycles. The third-order valence-electron chi connectivity index (χ3n) is 5.74. The van der Waals surface area contributed by atoms with Gasteiger partial charge in [0.2, 0.25) is 5.91 Å². The molecule has 2 aromatic rings. The lowest BCUT2D eigenvalue weighted by Gasteiger charge is -2.35. The molecular weight excluding hydrogens is 312 g/mol. The summed E-state index contributed by atoms with van der Waals surface area (Å²) in [6.45, 7) is 2.06. The Bertz CT molecular complexity index is 764. The van der Waals surface area contributed by atoms with Crippen molar-refractivity contribution >= 4 is 11.6 Å². The number of amides is 1. The Morgan fingerprint density at radius 1 is 1.12 bits per heavy atom. The number of anilines is 1. The molecule has 1 aliphatic heterocycles. The van der Waals surface area contributed by atoms with E-state index in [1.165, 1.54) is 11.1 Å². The van der Waals surface area contributed by atoms with Gasteiger partial charge in [-0.25, -0.2) is 0 Å². The maximum atomic E-state index is 13.0. The average Bonchev–Trinajstić information content (AvgIpc) is 2.97. The molecule has 0 aromatic heterocycles. The van der Waals surface area contributed by atoms with Crippen LogP contribution in [0, 0.1) is 0 Å². The van der Waals surface area contributed by atoms with Crippen LogP contribution >= 0.6 is 0 Å². The monoisotopic (exact) mass is 336 g/mol. The van der Waals surface area contributed by atoms with Crippen molar-refractivity contribution in [1.82, 2.24) is 5.32 Å². The van der Waals surface area contributed by atoms with E-state index in [-0.39, 0.29) is 17.2 Å². The van der Waals surface area contributed by atoms with E-state index in [9.17, 15) is 4.79 Å². The van der Waals surface area contributed by atoms with Gasteiger partial charge in [0.05, 0.1) is 13.0 Å². The molecule has 1 fully saturated rings. The predicted octanol–water partition coefficient (Wildman–Crippen LogP) is 3.44. The Morgan fingerprint density at radius 3 is 2.56 bits per heavy atom. The second kappa shape index (κ2) is 6.52. The van der Waals surface area contributed by atoms with Crippen molar-refractivity contribution < 1.29 is 9.53 Å². The summed E-state index contributed by atoms with van der Waals surface area (Å²) in [5, 5.41) is 6.54. The fourth-order valence-electron chi connectivity index (χ4n) is 4.41. The van der Waals surface area contributed by atoms with Crippen molar-refractivity contribution in [1.29, 1.82) is 0 Å². The largest absolute Gasteiger partial charge is 0.497 e. The van der Waals surface area contributed by atoms with Crippen molar-refractivity contribution in [3.05, 3.63) is 59.7 Å². The molecule has 0 saturated carbocycles. The van der Waals surface area contributed by atoms with E-state index < -0.39 is 0 Å². The smallest absolute Gasteiger partial charge is 0.231 e. The van der Waals surface area contributed by atoms with Gasteiger partial charge in [0, 0.05) is 5.69 Å². The van der Waals surface area contributed by atoms with Gasteiger partial charge in [-0.05, 0) is 73.2 Å². The van der Waals surface area contributed by atoms with E-state index in [4.69, 9.17) is 4.74 Å². The van der Waals surface area contributed by atoms with Crippen LogP contribution in [-0.4, -0.2) is 26.1 Å². The van der Waals surface area contributed by atoms with Crippen LogP contribution in [0.2, 0.25) is 0 Å². The van der Waals surface area contributed by atoms with Gasteiger partial charge >= 0.3 is 0 Å². The molecule has 2 aromatic carbocycles. The molecule has 4 rings (SSSR count). The first-order chi connectivity index (χ1) is 12.2. The number of ether oxygens (including phenoxy) is 1. The standard InChI is InChI=1S/C21H24N2O2/c1-25-16-8-6-15(7-9-16)23-20(24)18-14-21(10-12-22-13-11-21)19-5-3-2-4-17(18)19/h2-9,18,22H,10-14H2,1H3,(H,23,24). The van der Waals surface area contributed by atoms with Crippen LogP contribution in [0.4, 0.5) is 5.69 Å². The van der Waals surface area contributed by atoms with Crippen LogP contribution < -0.4 is 15.4 Å². The minimum Gasteiger partial charge on any atom is -0.497 e. The lowest BCUT2D eigenvalue weighted by molar-refractivity contribution is -0.117. The van der Waals surface area contributed by atoms with E-state index in [1.54, 1.807) is 7.11 Å². The van der Waals surface area contributed by atoms with E-state index in [0.29, 0.717) is 0 Å². The van der Waals surface area contributed by atoms with Gasteiger partial charge in [0.1, 0.15) is 5.75 Å². The lowest BCUT2D eigenvalue weighted by atomic mass is 9.74. The Balaban J connectivity index is 1.58. The molecule has 2 aliphatic rings. The molecular formula is C21H24N2O2. The third kappa shape index (κ3) is 2.91. The molecule has 1 unspecified atom stereocenters. The zero-order valence-corrected chi connectivity index (χ0v) is 14.5. The minimum atomic E-state index is -0.0728. The van der Waals surface area contributed by atoms with Crippen LogP contribution in [0.1, 0.15) is 36.3 Å². The highest BCUT2D eigenvalue weighted by Gasteiger charge is 2.46. The molecule has 1 spiro atoms. The highest BCUT2D eigenvalue weighted by atomic mass is 16.5. The zero-order valence-electron chi connectivity index (χ0n) is 14.5. The number of piperidine rings is 1. The van der Waals surface area contributed by atoms with E-state index in [2.05, 4.69) is 28.8 Å². The Labute approximate surface area is 148 Å². The Morgan fingerprint density at radius 2 is 1.84 bits per heavy atom. The van der Waals surface area contributed by atoms with Crippen molar-refractivity contribution in [3.63, 3.8) is 0 Å². The van der Waals surface area contributed by atoms with Crippen LogP contribution in [0.15, 0.2) is 48.5 Å². The Kier molecular flexibility index (Phi) is 4.22. The average molecular weight is 336 g/mol. The summed E-state index contributed by atoms with van der Waals surface area (Å²) in [5.74, 6) is 0.808. The fraction of sp³-hybridized carbons (Fsp3) is 0.381. The van der Waals surface area contributed by atoms with Crippen molar-refractivity contribution in [2.75, 3.05) is 25.5 Å². The molecule has 0 bridgehead atoms. The van der Waals surface area contributed by atoms with Gasteiger partial charge in [-0.2, -0.15) is 0 Å². The highest BCUT2D eigenvalue weighted by molar-refractivity contribution is 5.97. The van der Waals surface area contributed by atoms with Crippen LogP contribution in [0.3, 0.4) is 0 Å². The van der Waals surface area contributed by atoms with Crippen LogP contribution in [-0.2, 0) is 10.2 Å². The van der Waals surface area contributed by atoms with Crippen molar-refractivity contribution in [2.45, 2.75) is 30.6 Å². The molecule has 1 saturated heterocycles. The van der Waals surface area contributed by atoms with Crippen LogP contribution in [0.25, 0.3) is 0 Å². The van der Waals surface area contributed by atoms with Crippen molar-refractivity contribution in [3.8, 4) is 5.75 Å². The molecule has 1 amide bonds. The second-order valence-electron chi connectivity index (χ2n) is 7.09.